The van der Waals surface area contributed by atoms with Crippen molar-refractivity contribution in [1.82, 2.24) is 20.2 Å². The summed E-state index contributed by atoms with van der Waals surface area (Å²) >= 11 is 1.48. The van der Waals surface area contributed by atoms with Gasteiger partial charge in [0.15, 0.2) is 0 Å². The lowest BCUT2D eigenvalue weighted by molar-refractivity contribution is -0.116. The molecular weight excluding hydrogens is 326 g/mol. The third-order valence-electron chi connectivity index (χ3n) is 4.47. The van der Waals surface area contributed by atoms with Crippen LogP contribution >= 0.6 is 11.8 Å². The number of ether oxygens (including phenoxy) is 1. The monoisotopic (exact) mass is 345 g/mol. The van der Waals surface area contributed by atoms with Crippen LogP contribution in [-0.4, -0.2) is 51.1 Å². The Morgan fingerprint density at radius 1 is 1.12 bits per heavy atom. The molecular formula is C16H19N5O2S. The summed E-state index contributed by atoms with van der Waals surface area (Å²) in [5.41, 5.74) is 0.953. The summed E-state index contributed by atoms with van der Waals surface area (Å²) < 4.78 is 7.27. The zero-order valence-electron chi connectivity index (χ0n) is 13.2. The molecule has 2 fully saturated rings. The van der Waals surface area contributed by atoms with E-state index in [0.717, 1.165) is 49.9 Å². The lowest BCUT2D eigenvalue weighted by Gasteiger charge is -2.22. The Balaban J connectivity index is 1.47. The normalized spacial score (nSPS) is 22.2. The summed E-state index contributed by atoms with van der Waals surface area (Å²) in [6.45, 7) is 2.21. The highest BCUT2D eigenvalue weighted by Crippen LogP contribution is 2.33. The molecule has 2 saturated heterocycles. The SMILES string of the molecule is O=C1C(Sc2nnnn2C2CCOCC2)CCN1c1ccccc1. The van der Waals surface area contributed by atoms with Crippen LogP contribution in [0.15, 0.2) is 35.5 Å². The molecule has 2 aliphatic rings. The molecule has 0 saturated carbocycles. The van der Waals surface area contributed by atoms with Gasteiger partial charge in [0.2, 0.25) is 11.1 Å². The van der Waals surface area contributed by atoms with Gasteiger partial charge in [-0.25, -0.2) is 4.68 Å². The predicted molar refractivity (Wildman–Crippen MR) is 90.0 cm³/mol. The fraction of sp³-hybridized carbons (Fsp3) is 0.500. The van der Waals surface area contributed by atoms with Crippen LogP contribution in [0.1, 0.15) is 25.3 Å². The fourth-order valence-electron chi connectivity index (χ4n) is 3.18. The summed E-state index contributed by atoms with van der Waals surface area (Å²) in [6, 6.07) is 10.1. The molecule has 126 valence electrons. The maximum Gasteiger partial charge on any atom is 0.240 e. The Bertz CT molecular complexity index is 702. The number of hydrogen-bond acceptors (Lipinski definition) is 6. The van der Waals surface area contributed by atoms with Crippen molar-refractivity contribution in [3.05, 3.63) is 30.3 Å². The minimum atomic E-state index is -0.130. The van der Waals surface area contributed by atoms with Crippen molar-refractivity contribution < 1.29 is 9.53 Å². The molecule has 2 aromatic rings. The van der Waals surface area contributed by atoms with Crippen LogP contribution in [0, 0.1) is 0 Å². The minimum absolute atomic E-state index is 0.130. The predicted octanol–water partition coefficient (Wildman–Crippen LogP) is 1.92. The second-order valence-electron chi connectivity index (χ2n) is 5.97. The summed E-state index contributed by atoms with van der Waals surface area (Å²) in [5, 5.41) is 12.7. The van der Waals surface area contributed by atoms with Gasteiger partial charge in [0, 0.05) is 25.4 Å². The Hall–Kier alpha value is -1.93. The van der Waals surface area contributed by atoms with Crippen molar-refractivity contribution in [2.24, 2.45) is 0 Å². The standard InChI is InChI=1S/C16H19N5O2S/c22-15-14(6-9-20(15)12-4-2-1-3-5-12)24-16-17-18-19-21(16)13-7-10-23-11-8-13/h1-5,13-14H,6-11H2. The summed E-state index contributed by atoms with van der Waals surface area (Å²) in [7, 11) is 0. The summed E-state index contributed by atoms with van der Waals surface area (Å²) in [5.74, 6) is 0.132. The van der Waals surface area contributed by atoms with Gasteiger partial charge in [-0.3, -0.25) is 4.79 Å². The Morgan fingerprint density at radius 2 is 1.92 bits per heavy atom. The lowest BCUT2D eigenvalue weighted by Crippen LogP contribution is -2.28. The highest BCUT2D eigenvalue weighted by molar-refractivity contribution is 8.00. The molecule has 7 nitrogen and oxygen atoms in total. The molecule has 0 N–H and O–H groups in total. The van der Waals surface area contributed by atoms with Gasteiger partial charge in [-0.2, -0.15) is 0 Å². The van der Waals surface area contributed by atoms with Gasteiger partial charge in [-0.05, 0) is 41.8 Å². The van der Waals surface area contributed by atoms with E-state index < -0.39 is 0 Å². The number of anilines is 1. The van der Waals surface area contributed by atoms with E-state index >= 15 is 0 Å². The number of nitrogens with zero attached hydrogens (tertiary/aromatic N) is 5. The van der Waals surface area contributed by atoms with Crippen molar-refractivity contribution >= 4 is 23.4 Å². The maximum atomic E-state index is 12.7. The number of rotatable bonds is 4. The highest BCUT2D eigenvalue weighted by Gasteiger charge is 2.35. The van der Waals surface area contributed by atoms with Crippen molar-refractivity contribution in [2.75, 3.05) is 24.7 Å². The van der Waals surface area contributed by atoms with E-state index in [1.165, 1.54) is 11.8 Å². The Kier molecular flexibility index (Phi) is 4.48. The summed E-state index contributed by atoms with van der Waals surface area (Å²) in [4.78, 5) is 14.6. The quantitative estimate of drug-likeness (QED) is 0.843. The van der Waals surface area contributed by atoms with Gasteiger partial charge in [0.1, 0.15) is 0 Å². The number of para-hydroxylation sites is 1. The lowest BCUT2D eigenvalue weighted by atomic mass is 10.1. The topological polar surface area (TPSA) is 73.1 Å². The molecule has 1 aromatic heterocycles. The smallest absolute Gasteiger partial charge is 0.240 e. The van der Waals surface area contributed by atoms with Crippen LogP contribution in [-0.2, 0) is 9.53 Å². The van der Waals surface area contributed by atoms with Crippen LogP contribution in [0.3, 0.4) is 0 Å². The average molecular weight is 345 g/mol. The zero-order valence-corrected chi connectivity index (χ0v) is 14.1. The second kappa shape index (κ2) is 6.90. The zero-order chi connectivity index (χ0) is 16.4. The van der Waals surface area contributed by atoms with Crippen molar-refractivity contribution in [1.29, 1.82) is 0 Å². The molecule has 1 atom stereocenters. The van der Waals surface area contributed by atoms with Crippen LogP contribution < -0.4 is 4.90 Å². The minimum Gasteiger partial charge on any atom is -0.381 e. The van der Waals surface area contributed by atoms with Gasteiger partial charge in [0.25, 0.3) is 0 Å². The van der Waals surface area contributed by atoms with E-state index in [0.29, 0.717) is 0 Å². The van der Waals surface area contributed by atoms with E-state index in [1.807, 2.05) is 39.9 Å². The van der Waals surface area contributed by atoms with Crippen molar-refractivity contribution in [3.63, 3.8) is 0 Å². The molecule has 1 unspecified atom stereocenters. The molecule has 0 spiro atoms. The van der Waals surface area contributed by atoms with Crippen LogP contribution in [0.5, 0.6) is 0 Å². The first kappa shape index (κ1) is 15.6. The van der Waals surface area contributed by atoms with Crippen LogP contribution in [0.2, 0.25) is 0 Å². The van der Waals surface area contributed by atoms with Crippen molar-refractivity contribution in [2.45, 2.75) is 35.7 Å². The third-order valence-corrected chi connectivity index (χ3v) is 5.67. The molecule has 4 rings (SSSR count). The van der Waals surface area contributed by atoms with Gasteiger partial charge in [0.05, 0.1) is 11.3 Å². The fourth-order valence-corrected chi connectivity index (χ4v) is 4.26. The average Bonchev–Trinajstić information content (AvgIpc) is 3.24. The van der Waals surface area contributed by atoms with E-state index in [1.54, 1.807) is 0 Å². The van der Waals surface area contributed by atoms with E-state index in [9.17, 15) is 4.79 Å². The molecule has 24 heavy (non-hydrogen) atoms. The molecule has 2 aliphatic heterocycles. The Morgan fingerprint density at radius 3 is 2.71 bits per heavy atom. The molecule has 1 aromatic carbocycles. The number of thioether (sulfide) groups is 1. The van der Waals surface area contributed by atoms with Gasteiger partial charge < -0.3 is 9.64 Å². The van der Waals surface area contributed by atoms with E-state index in [-0.39, 0.29) is 17.2 Å². The number of carbonyl (C=O) groups excluding carboxylic acids is 1. The number of tetrazole rings is 1. The number of amides is 1. The number of aromatic nitrogens is 4. The van der Waals surface area contributed by atoms with Gasteiger partial charge in [-0.15, -0.1) is 5.10 Å². The number of benzene rings is 1. The first-order chi connectivity index (χ1) is 11.8. The van der Waals surface area contributed by atoms with Crippen LogP contribution in [0.25, 0.3) is 0 Å². The van der Waals surface area contributed by atoms with Gasteiger partial charge in [-0.1, -0.05) is 30.0 Å². The highest BCUT2D eigenvalue weighted by atomic mass is 32.2. The molecule has 0 bridgehead atoms. The van der Waals surface area contributed by atoms with E-state index in [2.05, 4.69) is 15.5 Å². The molecule has 3 heterocycles. The number of carbonyl (C=O) groups is 1. The van der Waals surface area contributed by atoms with Crippen molar-refractivity contribution in [3.8, 4) is 0 Å². The molecule has 1 amide bonds. The second-order valence-corrected chi connectivity index (χ2v) is 7.14. The Labute approximate surface area is 144 Å². The molecule has 8 heteroatoms. The maximum absolute atomic E-state index is 12.7. The first-order valence-electron chi connectivity index (χ1n) is 8.21. The largest absolute Gasteiger partial charge is 0.381 e. The van der Waals surface area contributed by atoms with Gasteiger partial charge >= 0.3 is 0 Å². The molecule has 0 radical (unpaired) electrons. The number of hydrogen-bond donors (Lipinski definition) is 0. The molecule has 0 aliphatic carbocycles. The first-order valence-corrected chi connectivity index (χ1v) is 9.09. The van der Waals surface area contributed by atoms with E-state index in [4.69, 9.17) is 4.74 Å². The summed E-state index contributed by atoms with van der Waals surface area (Å²) in [6.07, 6.45) is 2.62. The van der Waals surface area contributed by atoms with Crippen LogP contribution in [0.4, 0.5) is 5.69 Å². The third kappa shape index (κ3) is 3.03.